The molecule has 0 fully saturated rings. The summed E-state index contributed by atoms with van der Waals surface area (Å²) in [5, 5.41) is -1.10. The van der Waals surface area contributed by atoms with E-state index in [4.69, 9.17) is 0 Å². The number of rotatable bonds is 2. The maximum Gasteiger partial charge on any atom is 0.192 e. The Morgan fingerprint density at radius 2 is 1.83 bits per heavy atom. The molecular formula is C12H11F3OS2. The molecule has 1 nitrogen and oxygen atoms in total. The van der Waals surface area contributed by atoms with Crippen LogP contribution in [0.15, 0.2) is 40.1 Å². The van der Waals surface area contributed by atoms with Crippen LogP contribution in [-0.2, 0) is 15.5 Å². The zero-order valence-electron chi connectivity index (χ0n) is 9.75. The fourth-order valence-corrected chi connectivity index (χ4v) is 3.36. The lowest BCUT2D eigenvalue weighted by Gasteiger charge is -2.25. The van der Waals surface area contributed by atoms with Gasteiger partial charge in [0.25, 0.3) is 0 Å². The zero-order valence-corrected chi connectivity index (χ0v) is 11.4. The van der Waals surface area contributed by atoms with Gasteiger partial charge in [-0.3, -0.25) is 4.21 Å². The van der Waals surface area contributed by atoms with Gasteiger partial charge in [0.1, 0.15) is 0 Å². The summed E-state index contributed by atoms with van der Waals surface area (Å²) in [6.45, 7) is 1.45. The number of thioether (sulfide) groups is 1. The van der Waals surface area contributed by atoms with Crippen molar-refractivity contribution in [3.63, 3.8) is 0 Å². The largest absolute Gasteiger partial charge is 0.255 e. The molecule has 0 N–H and O–H groups in total. The van der Waals surface area contributed by atoms with Gasteiger partial charge in [0.2, 0.25) is 0 Å². The van der Waals surface area contributed by atoms with Gasteiger partial charge in [-0.15, -0.1) is 0 Å². The molecular weight excluding hydrogens is 281 g/mol. The number of allylic oxidation sites excluding steroid dienone is 1. The molecule has 0 aromatic heterocycles. The van der Waals surface area contributed by atoms with Crippen LogP contribution >= 0.6 is 11.8 Å². The Bertz CT molecular complexity index is 527. The Labute approximate surface area is 110 Å². The predicted octanol–water partition coefficient (Wildman–Crippen LogP) is 3.83. The summed E-state index contributed by atoms with van der Waals surface area (Å²) in [4.78, 5) is 0.592. The van der Waals surface area contributed by atoms with E-state index in [-0.39, 0.29) is 0 Å². The van der Waals surface area contributed by atoms with Gasteiger partial charge in [-0.25, -0.2) is 8.78 Å². The molecule has 1 heterocycles. The molecule has 98 valence electrons. The number of alkyl halides is 1. The van der Waals surface area contributed by atoms with Crippen molar-refractivity contribution in [1.29, 1.82) is 0 Å². The second-order valence-electron chi connectivity index (χ2n) is 4.17. The van der Waals surface area contributed by atoms with Gasteiger partial charge in [0.15, 0.2) is 17.2 Å². The Morgan fingerprint density at radius 3 is 2.22 bits per heavy atom. The molecule has 1 aromatic carbocycles. The first kappa shape index (κ1) is 13.7. The minimum Gasteiger partial charge on any atom is -0.255 e. The lowest BCUT2D eigenvalue weighted by molar-refractivity contribution is 0.273. The third kappa shape index (κ3) is 2.12. The van der Waals surface area contributed by atoms with Crippen LogP contribution in [0.3, 0.4) is 0 Å². The summed E-state index contributed by atoms with van der Waals surface area (Å²) in [7, 11) is -1.13. The minimum absolute atomic E-state index is 0.469. The third-order valence-corrected chi connectivity index (χ3v) is 5.13. The topological polar surface area (TPSA) is 17.1 Å². The van der Waals surface area contributed by atoms with E-state index >= 15 is 0 Å². The average Bonchev–Trinajstić information content (AvgIpc) is 2.54. The highest BCUT2D eigenvalue weighted by Crippen LogP contribution is 2.54. The molecule has 1 aliphatic rings. The smallest absolute Gasteiger partial charge is 0.192 e. The molecule has 0 bridgehead atoms. The van der Waals surface area contributed by atoms with Crippen LogP contribution in [-0.4, -0.2) is 16.6 Å². The number of hydrogen-bond donors (Lipinski definition) is 0. The fraction of sp³-hybridized carbons (Fsp3) is 0.333. The van der Waals surface area contributed by atoms with Crippen LogP contribution in [0, 0.1) is 0 Å². The predicted molar refractivity (Wildman–Crippen MR) is 67.9 cm³/mol. The van der Waals surface area contributed by atoms with Crippen molar-refractivity contribution in [3.05, 3.63) is 40.8 Å². The number of halogens is 3. The maximum absolute atomic E-state index is 13.8. The van der Waals surface area contributed by atoms with E-state index in [9.17, 15) is 17.4 Å². The van der Waals surface area contributed by atoms with Gasteiger partial charge < -0.3 is 0 Å². The summed E-state index contributed by atoms with van der Waals surface area (Å²) in [5.41, 5.74) is 0.469. The third-order valence-electron chi connectivity index (χ3n) is 2.95. The fourth-order valence-electron chi connectivity index (χ4n) is 1.81. The Hall–Kier alpha value is -0.750. The standard InChI is InChI=1S/C12H11F3OS2/c1-12(10(14)9(13)11(15)17-12)7-3-5-8(6-4-7)18(2)16/h3-6,10H,1-2H3. The van der Waals surface area contributed by atoms with Gasteiger partial charge in [-0.1, -0.05) is 23.9 Å². The highest BCUT2D eigenvalue weighted by atomic mass is 32.2. The number of benzene rings is 1. The lowest BCUT2D eigenvalue weighted by atomic mass is 9.95. The van der Waals surface area contributed by atoms with E-state index in [2.05, 4.69) is 0 Å². The van der Waals surface area contributed by atoms with Crippen molar-refractivity contribution < 1.29 is 17.4 Å². The van der Waals surface area contributed by atoms with E-state index in [0.717, 1.165) is 0 Å². The van der Waals surface area contributed by atoms with Crippen molar-refractivity contribution >= 4 is 22.6 Å². The lowest BCUT2D eigenvalue weighted by Crippen LogP contribution is -2.26. The van der Waals surface area contributed by atoms with E-state index in [1.165, 1.54) is 13.2 Å². The summed E-state index contributed by atoms with van der Waals surface area (Å²) < 4.78 is 50.0. The van der Waals surface area contributed by atoms with Crippen LogP contribution in [0.1, 0.15) is 12.5 Å². The van der Waals surface area contributed by atoms with E-state index < -0.39 is 32.7 Å². The second-order valence-corrected chi connectivity index (χ2v) is 6.96. The van der Waals surface area contributed by atoms with Gasteiger partial charge in [-0.2, -0.15) is 4.39 Å². The average molecular weight is 292 g/mol. The molecule has 3 atom stereocenters. The van der Waals surface area contributed by atoms with E-state index in [1.807, 2.05) is 0 Å². The summed E-state index contributed by atoms with van der Waals surface area (Å²) in [6, 6.07) is 6.28. The molecule has 0 saturated heterocycles. The SMILES string of the molecule is CS(=O)c1ccc(C2(C)SC(F)=C(F)C2F)cc1. The molecule has 1 aromatic rings. The van der Waals surface area contributed by atoms with Crippen LogP contribution < -0.4 is 0 Å². The minimum atomic E-state index is -2.00. The highest BCUT2D eigenvalue weighted by molar-refractivity contribution is 8.04. The molecule has 0 amide bonds. The molecule has 3 unspecified atom stereocenters. The van der Waals surface area contributed by atoms with Crippen molar-refractivity contribution in [2.75, 3.05) is 6.26 Å². The van der Waals surface area contributed by atoms with Gasteiger partial charge in [-0.05, 0) is 24.6 Å². The molecule has 0 radical (unpaired) electrons. The molecule has 0 spiro atoms. The first-order chi connectivity index (χ1) is 8.36. The zero-order chi connectivity index (χ0) is 13.5. The van der Waals surface area contributed by atoms with E-state index in [0.29, 0.717) is 22.2 Å². The van der Waals surface area contributed by atoms with Crippen molar-refractivity contribution in [2.45, 2.75) is 22.7 Å². The number of hydrogen-bond acceptors (Lipinski definition) is 2. The van der Waals surface area contributed by atoms with Crippen molar-refractivity contribution in [1.82, 2.24) is 0 Å². The molecule has 1 aliphatic heterocycles. The van der Waals surface area contributed by atoms with Crippen LogP contribution in [0.2, 0.25) is 0 Å². The monoisotopic (exact) mass is 292 g/mol. The first-order valence-corrected chi connectivity index (χ1v) is 7.56. The summed E-state index contributed by atoms with van der Waals surface area (Å²) in [6.07, 6.45) is -0.472. The molecule has 6 heteroatoms. The van der Waals surface area contributed by atoms with Crippen molar-refractivity contribution in [2.24, 2.45) is 0 Å². The summed E-state index contributed by atoms with van der Waals surface area (Å²) >= 11 is 0.538. The summed E-state index contributed by atoms with van der Waals surface area (Å²) in [5.74, 6) is -1.34. The van der Waals surface area contributed by atoms with Gasteiger partial charge in [0, 0.05) is 22.0 Å². The van der Waals surface area contributed by atoms with E-state index in [1.54, 1.807) is 24.3 Å². The second kappa shape index (κ2) is 4.74. The van der Waals surface area contributed by atoms with Gasteiger partial charge >= 0.3 is 0 Å². The van der Waals surface area contributed by atoms with Crippen molar-refractivity contribution in [3.8, 4) is 0 Å². The Kier molecular flexibility index (Phi) is 3.60. The van der Waals surface area contributed by atoms with Crippen LogP contribution in [0.4, 0.5) is 13.2 Å². The maximum atomic E-state index is 13.8. The molecule has 0 aliphatic carbocycles. The van der Waals surface area contributed by atoms with Crippen LogP contribution in [0.5, 0.6) is 0 Å². The highest BCUT2D eigenvalue weighted by Gasteiger charge is 2.48. The van der Waals surface area contributed by atoms with Crippen LogP contribution in [0.25, 0.3) is 0 Å². The molecule has 18 heavy (non-hydrogen) atoms. The normalized spacial score (nSPS) is 29.7. The Morgan fingerprint density at radius 1 is 1.28 bits per heavy atom. The molecule has 2 rings (SSSR count). The molecule has 0 saturated carbocycles. The Balaban J connectivity index is 2.36. The van der Waals surface area contributed by atoms with Gasteiger partial charge in [0.05, 0.1) is 4.75 Å². The first-order valence-electron chi connectivity index (χ1n) is 5.18. The quantitative estimate of drug-likeness (QED) is 0.824.